The fraction of sp³-hybridized carbons (Fsp3) is 0.368. The minimum Gasteiger partial charge on any atom is -0.466 e. The summed E-state index contributed by atoms with van der Waals surface area (Å²) in [6.45, 7) is 0.954. The van der Waals surface area contributed by atoms with Gasteiger partial charge in [0, 0.05) is 20.2 Å². The summed E-state index contributed by atoms with van der Waals surface area (Å²) >= 11 is 3.35. The van der Waals surface area contributed by atoms with Gasteiger partial charge in [-0.1, -0.05) is 12.1 Å². The van der Waals surface area contributed by atoms with E-state index in [9.17, 15) is 12.8 Å². The molecule has 0 atom stereocenters. The molecular weight excluding hydrogens is 437 g/mol. The second-order valence-corrected chi connectivity index (χ2v) is 9.17. The smallest absolute Gasteiger partial charge is 0.243 e. The van der Waals surface area contributed by atoms with Gasteiger partial charge in [-0.2, -0.15) is 4.31 Å². The van der Waals surface area contributed by atoms with E-state index < -0.39 is 10.0 Å². The predicted molar refractivity (Wildman–Crippen MR) is 104 cm³/mol. The van der Waals surface area contributed by atoms with E-state index in [1.54, 1.807) is 24.3 Å². The summed E-state index contributed by atoms with van der Waals surface area (Å²) in [5.74, 6) is 0.502. The predicted octanol–water partition coefficient (Wildman–Crippen LogP) is 4.14. The van der Waals surface area contributed by atoms with Gasteiger partial charge in [0.2, 0.25) is 10.0 Å². The number of hydrogen-bond acceptors (Lipinski definition) is 4. The molecule has 8 heteroatoms. The van der Waals surface area contributed by atoms with E-state index in [0.717, 1.165) is 5.56 Å². The highest BCUT2D eigenvalue weighted by atomic mass is 79.9. The van der Waals surface area contributed by atoms with Gasteiger partial charge in [0.15, 0.2) is 6.79 Å². The second kappa shape index (κ2) is 8.68. The molecule has 146 valence electrons. The van der Waals surface area contributed by atoms with Crippen molar-refractivity contribution in [3.63, 3.8) is 0 Å². The van der Waals surface area contributed by atoms with E-state index in [0.29, 0.717) is 36.2 Å². The topological polar surface area (TPSA) is 55.8 Å². The van der Waals surface area contributed by atoms with Crippen LogP contribution in [0.3, 0.4) is 0 Å². The Balaban J connectivity index is 1.69. The Morgan fingerprint density at radius 1 is 1.15 bits per heavy atom. The monoisotopic (exact) mass is 457 g/mol. The molecule has 0 N–H and O–H groups in total. The Labute approximate surface area is 167 Å². The fourth-order valence-electron chi connectivity index (χ4n) is 3.19. The van der Waals surface area contributed by atoms with Crippen molar-refractivity contribution in [3.8, 4) is 5.75 Å². The van der Waals surface area contributed by atoms with Crippen molar-refractivity contribution in [2.24, 2.45) is 0 Å². The van der Waals surface area contributed by atoms with Gasteiger partial charge in [0.05, 0.1) is 9.37 Å². The molecule has 1 heterocycles. The summed E-state index contributed by atoms with van der Waals surface area (Å²) in [5, 5.41) is 0. The first kappa shape index (κ1) is 20.3. The lowest BCUT2D eigenvalue weighted by molar-refractivity contribution is 0.0505. The van der Waals surface area contributed by atoms with Crippen LogP contribution in [0.25, 0.3) is 0 Å². The van der Waals surface area contributed by atoms with Crippen molar-refractivity contribution >= 4 is 26.0 Å². The lowest BCUT2D eigenvalue weighted by Gasteiger charge is -2.31. The van der Waals surface area contributed by atoms with E-state index in [2.05, 4.69) is 15.9 Å². The highest BCUT2D eigenvalue weighted by Crippen LogP contribution is 2.33. The number of rotatable bonds is 6. The van der Waals surface area contributed by atoms with Crippen LogP contribution in [0.5, 0.6) is 5.75 Å². The van der Waals surface area contributed by atoms with E-state index in [1.165, 1.54) is 29.6 Å². The quantitative estimate of drug-likeness (QED) is 0.611. The third-order valence-corrected chi connectivity index (χ3v) is 7.18. The molecule has 0 saturated carbocycles. The molecular formula is C19H21BrFNO4S. The summed E-state index contributed by atoms with van der Waals surface area (Å²) in [6, 6.07) is 11.1. The highest BCUT2D eigenvalue weighted by Gasteiger charge is 2.30. The van der Waals surface area contributed by atoms with Crippen molar-refractivity contribution in [2.75, 3.05) is 27.0 Å². The largest absolute Gasteiger partial charge is 0.466 e. The summed E-state index contributed by atoms with van der Waals surface area (Å²) in [7, 11) is -2.06. The first-order valence-corrected chi connectivity index (χ1v) is 10.8. The minimum atomic E-state index is -3.58. The average Bonchev–Trinajstić information content (AvgIpc) is 2.67. The van der Waals surface area contributed by atoms with Gasteiger partial charge < -0.3 is 9.47 Å². The minimum absolute atomic E-state index is 0.0849. The third kappa shape index (κ3) is 4.68. The molecule has 2 aromatic carbocycles. The van der Waals surface area contributed by atoms with Crippen molar-refractivity contribution in [3.05, 3.63) is 58.3 Å². The van der Waals surface area contributed by atoms with Crippen LogP contribution in [0.15, 0.2) is 51.8 Å². The van der Waals surface area contributed by atoms with E-state index >= 15 is 0 Å². The van der Waals surface area contributed by atoms with Crippen LogP contribution in [-0.2, 0) is 14.8 Å². The van der Waals surface area contributed by atoms with Crippen LogP contribution in [0, 0.1) is 5.82 Å². The number of ether oxygens (including phenoxy) is 2. The van der Waals surface area contributed by atoms with Crippen LogP contribution >= 0.6 is 15.9 Å². The average molecular weight is 458 g/mol. The summed E-state index contributed by atoms with van der Waals surface area (Å²) in [5.41, 5.74) is 1.05. The van der Waals surface area contributed by atoms with Gasteiger partial charge in [-0.05, 0) is 70.6 Å². The standard InChI is InChI=1S/C19H21BrFNO4S/c1-25-13-26-19-7-6-17(12-18(19)20)27(23,24)22-10-8-15(9-11-22)14-2-4-16(21)5-3-14/h2-7,12,15H,8-11,13H2,1H3. The Kier molecular flexibility index (Phi) is 6.52. The van der Waals surface area contributed by atoms with Gasteiger partial charge >= 0.3 is 0 Å². The molecule has 0 spiro atoms. The number of methoxy groups -OCH3 is 1. The Morgan fingerprint density at radius 3 is 2.41 bits per heavy atom. The lowest BCUT2D eigenvalue weighted by Crippen LogP contribution is -2.37. The Bertz CT molecular complexity index is 881. The molecule has 1 aliphatic heterocycles. The fourth-order valence-corrected chi connectivity index (χ4v) is 5.34. The number of nitrogens with zero attached hydrogens (tertiary/aromatic N) is 1. The van der Waals surface area contributed by atoms with Crippen molar-refractivity contribution in [1.29, 1.82) is 0 Å². The number of piperidine rings is 1. The van der Waals surface area contributed by atoms with Gasteiger partial charge in [-0.15, -0.1) is 0 Å². The van der Waals surface area contributed by atoms with E-state index in [-0.39, 0.29) is 23.4 Å². The molecule has 3 rings (SSSR count). The molecule has 2 aromatic rings. The van der Waals surface area contributed by atoms with Crippen LogP contribution < -0.4 is 4.74 Å². The zero-order valence-electron chi connectivity index (χ0n) is 14.9. The number of sulfonamides is 1. The number of benzene rings is 2. The summed E-state index contributed by atoms with van der Waals surface area (Å²) in [4.78, 5) is 0.222. The first-order valence-electron chi connectivity index (χ1n) is 8.58. The maximum absolute atomic E-state index is 13.1. The highest BCUT2D eigenvalue weighted by molar-refractivity contribution is 9.10. The Hall–Kier alpha value is -1.48. The normalized spacial score (nSPS) is 16.4. The molecule has 27 heavy (non-hydrogen) atoms. The maximum Gasteiger partial charge on any atom is 0.243 e. The zero-order valence-corrected chi connectivity index (χ0v) is 17.3. The molecule has 1 saturated heterocycles. The van der Waals surface area contributed by atoms with Crippen molar-refractivity contribution in [2.45, 2.75) is 23.7 Å². The molecule has 0 unspecified atom stereocenters. The second-order valence-electron chi connectivity index (χ2n) is 6.37. The maximum atomic E-state index is 13.1. The number of hydrogen-bond donors (Lipinski definition) is 0. The SMILES string of the molecule is COCOc1ccc(S(=O)(=O)N2CCC(c3ccc(F)cc3)CC2)cc1Br. The van der Waals surface area contributed by atoms with Crippen LogP contribution in [0.2, 0.25) is 0 Å². The number of halogens is 2. The molecule has 1 aliphatic rings. The Morgan fingerprint density at radius 2 is 1.81 bits per heavy atom. The molecule has 0 amide bonds. The molecule has 5 nitrogen and oxygen atoms in total. The summed E-state index contributed by atoms with van der Waals surface area (Å²) < 4.78 is 51.3. The third-order valence-electron chi connectivity index (χ3n) is 4.67. The van der Waals surface area contributed by atoms with Gasteiger partial charge in [-0.3, -0.25) is 0 Å². The van der Waals surface area contributed by atoms with Crippen LogP contribution in [-0.4, -0.2) is 39.7 Å². The van der Waals surface area contributed by atoms with Crippen LogP contribution in [0.1, 0.15) is 24.3 Å². The molecule has 0 aliphatic carbocycles. The van der Waals surface area contributed by atoms with Gasteiger partial charge in [0.25, 0.3) is 0 Å². The molecule has 1 fully saturated rings. The van der Waals surface area contributed by atoms with E-state index in [1.807, 2.05) is 0 Å². The molecule has 0 bridgehead atoms. The molecule has 0 aromatic heterocycles. The van der Waals surface area contributed by atoms with Gasteiger partial charge in [0.1, 0.15) is 11.6 Å². The van der Waals surface area contributed by atoms with E-state index in [4.69, 9.17) is 9.47 Å². The van der Waals surface area contributed by atoms with Crippen LogP contribution in [0.4, 0.5) is 4.39 Å². The first-order chi connectivity index (χ1) is 12.9. The van der Waals surface area contributed by atoms with Gasteiger partial charge in [-0.25, -0.2) is 12.8 Å². The lowest BCUT2D eigenvalue weighted by atomic mass is 9.90. The van der Waals surface area contributed by atoms with Crippen molar-refractivity contribution < 1.29 is 22.3 Å². The zero-order chi connectivity index (χ0) is 19.4. The molecule has 0 radical (unpaired) electrons. The van der Waals surface area contributed by atoms with Crippen molar-refractivity contribution in [1.82, 2.24) is 4.31 Å². The summed E-state index contributed by atoms with van der Waals surface area (Å²) in [6.07, 6.45) is 1.42.